The number of aryl methyl sites for hydroxylation is 2. The molecule has 1 aromatic carbocycles. The molecule has 0 unspecified atom stereocenters. The first-order chi connectivity index (χ1) is 15.2. The van der Waals surface area contributed by atoms with Gasteiger partial charge in [-0.15, -0.1) is 0 Å². The molecule has 166 valence electrons. The van der Waals surface area contributed by atoms with Crippen LogP contribution in [0.4, 0.5) is 5.69 Å². The molecule has 0 spiro atoms. The number of carbonyl (C=O) groups is 1. The largest absolute Gasteiger partial charge is 0.466 e. The summed E-state index contributed by atoms with van der Waals surface area (Å²) in [6.45, 7) is 3.63. The second-order valence-corrected chi connectivity index (χ2v) is 8.91. The van der Waals surface area contributed by atoms with Crippen molar-refractivity contribution in [2.45, 2.75) is 19.9 Å². The zero-order chi connectivity index (χ0) is 23.2. The van der Waals surface area contributed by atoms with E-state index >= 15 is 0 Å². The molecule has 0 radical (unpaired) electrons. The molecule has 0 N–H and O–H groups in total. The molecule has 0 aliphatic carbocycles. The first kappa shape index (κ1) is 21.8. The maximum atomic E-state index is 13.5. The fourth-order valence-electron chi connectivity index (χ4n) is 3.89. The van der Waals surface area contributed by atoms with E-state index in [1.54, 1.807) is 16.2 Å². The summed E-state index contributed by atoms with van der Waals surface area (Å²) in [5.74, 6) is -0.506. The van der Waals surface area contributed by atoms with Crippen molar-refractivity contribution in [2.75, 3.05) is 26.1 Å². The maximum Gasteiger partial charge on any atom is 0.338 e. The number of hydrogen-bond acceptors (Lipinski definition) is 7. The second-order valence-electron chi connectivity index (χ2n) is 7.90. The van der Waals surface area contributed by atoms with E-state index in [4.69, 9.17) is 4.74 Å². The van der Waals surface area contributed by atoms with Crippen LogP contribution in [0.25, 0.3) is 6.08 Å². The highest BCUT2D eigenvalue weighted by Gasteiger charge is 2.34. The van der Waals surface area contributed by atoms with Gasteiger partial charge in [-0.3, -0.25) is 14.0 Å². The molecule has 32 heavy (non-hydrogen) atoms. The van der Waals surface area contributed by atoms with E-state index < -0.39 is 12.0 Å². The van der Waals surface area contributed by atoms with Gasteiger partial charge in [-0.2, -0.15) is 5.10 Å². The number of benzene rings is 1. The van der Waals surface area contributed by atoms with E-state index in [2.05, 4.69) is 10.1 Å². The number of allylic oxidation sites excluding steroid dienone is 1. The number of nitrogens with zero attached hydrogens (tertiary/aromatic N) is 5. The standard InChI is InChI=1S/C23H25N5O3S/c1-13-17(12-27(5)25-13)20-19(22(30)31-6)14(2)24-23-28(20)21(29)18(32-23)11-15-7-9-16(10-8-15)26(3)4/h7-12,20H,1-6H3/b18-11+/t20-/m1/s1. The van der Waals surface area contributed by atoms with Crippen molar-refractivity contribution in [1.82, 2.24) is 14.3 Å². The van der Waals surface area contributed by atoms with Gasteiger partial charge in [-0.1, -0.05) is 23.5 Å². The smallest absolute Gasteiger partial charge is 0.338 e. The molecule has 1 aliphatic rings. The highest BCUT2D eigenvalue weighted by atomic mass is 32.1. The summed E-state index contributed by atoms with van der Waals surface area (Å²) in [4.78, 5) is 33.4. The van der Waals surface area contributed by atoms with Gasteiger partial charge in [-0.05, 0) is 37.6 Å². The van der Waals surface area contributed by atoms with Gasteiger partial charge in [0.2, 0.25) is 0 Å². The maximum absolute atomic E-state index is 13.5. The number of hydrogen-bond donors (Lipinski definition) is 0. The van der Waals surface area contributed by atoms with Gasteiger partial charge in [0.15, 0.2) is 4.80 Å². The first-order valence-corrected chi connectivity index (χ1v) is 10.9. The third-order valence-electron chi connectivity index (χ3n) is 5.48. The summed E-state index contributed by atoms with van der Waals surface area (Å²) >= 11 is 1.31. The van der Waals surface area contributed by atoms with Crippen LogP contribution in [0.15, 0.2) is 51.5 Å². The van der Waals surface area contributed by atoms with Crippen LogP contribution in [0.3, 0.4) is 0 Å². The number of ether oxygens (including phenoxy) is 1. The van der Waals surface area contributed by atoms with Crippen molar-refractivity contribution in [3.8, 4) is 0 Å². The van der Waals surface area contributed by atoms with Gasteiger partial charge in [0.1, 0.15) is 6.04 Å². The van der Waals surface area contributed by atoms with Crippen molar-refractivity contribution < 1.29 is 9.53 Å². The Bertz CT molecular complexity index is 1410. The van der Waals surface area contributed by atoms with Crippen LogP contribution in [-0.4, -0.2) is 41.5 Å². The van der Waals surface area contributed by atoms with E-state index in [0.717, 1.165) is 22.5 Å². The molecule has 0 saturated heterocycles. The Morgan fingerprint density at radius 1 is 1.22 bits per heavy atom. The summed E-state index contributed by atoms with van der Waals surface area (Å²) in [6, 6.07) is 7.31. The molecule has 8 nitrogen and oxygen atoms in total. The molecule has 1 aliphatic heterocycles. The Kier molecular flexibility index (Phi) is 5.60. The highest BCUT2D eigenvalue weighted by Crippen LogP contribution is 2.31. The normalized spacial score (nSPS) is 16.1. The van der Waals surface area contributed by atoms with Crippen LogP contribution in [0.1, 0.15) is 29.8 Å². The zero-order valence-electron chi connectivity index (χ0n) is 18.9. The van der Waals surface area contributed by atoms with Crippen LogP contribution in [0, 0.1) is 6.92 Å². The first-order valence-electron chi connectivity index (χ1n) is 10.1. The van der Waals surface area contributed by atoms with E-state index in [9.17, 15) is 9.59 Å². The fraction of sp³-hybridized carbons (Fsp3) is 0.304. The van der Waals surface area contributed by atoms with Crippen molar-refractivity contribution in [2.24, 2.45) is 12.0 Å². The summed E-state index contributed by atoms with van der Waals surface area (Å²) in [5, 5.41) is 4.42. The number of anilines is 1. The number of aromatic nitrogens is 3. The fourth-order valence-corrected chi connectivity index (χ4v) is 4.94. The number of rotatable bonds is 4. The predicted molar refractivity (Wildman–Crippen MR) is 124 cm³/mol. The molecule has 3 aromatic rings. The van der Waals surface area contributed by atoms with Crippen molar-refractivity contribution in [3.63, 3.8) is 0 Å². The van der Waals surface area contributed by atoms with Crippen LogP contribution < -0.4 is 19.8 Å². The van der Waals surface area contributed by atoms with Crippen LogP contribution in [0.5, 0.6) is 0 Å². The molecule has 3 heterocycles. The van der Waals surface area contributed by atoms with Crippen LogP contribution in [-0.2, 0) is 16.6 Å². The summed E-state index contributed by atoms with van der Waals surface area (Å²) in [5.41, 5.74) is 4.18. The molecular formula is C23H25N5O3S. The summed E-state index contributed by atoms with van der Waals surface area (Å²) < 4.78 is 8.84. The van der Waals surface area contributed by atoms with Crippen LogP contribution in [0.2, 0.25) is 0 Å². The molecule has 0 bridgehead atoms. The number of methoxy groups -OCH3 is 1. The van der Waals surface area contributed by atoms with Crippen molar-refractivity contribution in [1.29, 1.82) is 0 Å². The lowest BCUT2D eigenvalue weighted by molar-refractivity contribution is -0.136. The Hall–Kier alpha value is -3.46. The molecular weight excluding hydrogens is 426 g/mol. The SMILES string of the molecule is COC(=O)C1=C(C)N=c2s/c(=C/c3ccc(N(C)C)cc3)c(=O)n2[C@@H]1c1cn(C)nc1C. The topological polar surface area (TPSA) is 81.7 Å². The third kappa shape index (κ3) is 3.69. The highest BCUT2D eigenvalue weighted by molar-refractivity contribution is 7.07. The van der Waals surface area contributed by atoms with Crippen molar-refractivity contribution >= 4 is 29.1 Å². The van der Waals surface area contributed by atoms with Crippen LogP contribution >= 0.6 is 11.3 Å². The minimum Gasteiger partial charge on any atom is -0.466 e. The van der Waals surface area contributed by atoms with Gasteiger partial charge in [-0.25, -0.2) is 9.79 Å². The van der Waals surface area contributed by atoms with E-state index in [0.29, 0.717) is 20.6 Å². The Morgan fingerprint density at radius 3 is 2.47 bits per heavy atom. The Balaban J connectivity index is 1.93. The average Bonchev–Trinajstić information content (AvgIpc) is 3.24. The number of thiazole rings is 1. The second kappa shape index (κ2) is 8.23. The molecule has 0 saturated carbocycles. The summed E-state index contributed by atoms with van der Waals surface area (Å²) in [7, 11) is 7.10. The van der Waals surface area contributed by atoms with Gasteiger partial charge >= 0.3 is 5.97 Å². The molecule has 9 heteroatoms. The Morgan fingerprint density at radius 2 is 1.91 bits per heavy atom. The minimum absolute atomic E-state index is 0.201. The zero-order valence-corrected chi connectivity index (χ0v) is 19.7. The predicted octanol–water partition coefficient (Wildman–Crippen LogP) is 1.52. The number of carbonyl (C=O) groups excluding carboxylic acids is 1. The monoisotopic (exact) mass is 451 g/mol. The number of fused-ring (bicyclic) bond motifs is 1. The van der Waals surface area contributed by atoms with Gasteiger partial charge in [0.25, 0.3) is 5.56 Å². The summed E-state index contributed by atoms with van der Waals surface area (Å²) in [6.07, 6.45) is 3.69. The quantitative estimate of drug-likeness (QED) is 0.562. The van der Waals surface area contributed by atoms with E-state index in [1.807, 2.05) is 69.5 Å². The molecule has 0 amide bonds. The number of esters is 1. The third-order valence-corrected chi connectivity index (χ3v) is 6.46. The molecule has 2 aromatic heterocycles. The van der Waals surface area contributed by atoms with Gasteiger partial charge < -0.3 is 9.64 Å². The van der Waals surface area contributed by atoms with Gasteiger partial charge in [0, 0.05) is 38.6 Å². The minimum atomic E-state index is -0.648. The molecule has 4 rings (SSSR count). The Labute approximate surface area is 189 Å². The molecule has 0 fully saturated rings. The van der Waals surface area contributed by atoms with Gasteiger partial charge in [0.05, 0.1) is 28.6 Å². The van der Waals surface area contributed by atoms with E-state index in [1.165, 1.54) is 18.4 Å². The lowest BCUT2D eigenvalue weighted by atomic mass is 9.96. The lowest BCUT2D eigenvalue weighted by Crippen LogP contribution is -2.40. The molecule has 1 atom stereocenters. The average molecular weight is 452 g/mol. The van der Waals surface area contributed by atoms with Crippen molar-refractivity contribution in [3.05, 3.63) is 78.2 Å². The van der Waals surface area contributed by atoms with E-state index in [-0.39, 0.29) is 5.56 Å². The lowest BCUT2D eigenvalue weighted by Gasteiger charge is -2.23.